The van der Waals surface area contributed by atoms with Gasteiger partial charge in [0.1, 0.15) is 17.4 Å². The quantitative estimate of drug-likeness (QED) is 0.0917. The molecule has 12 nitrogen and oxygen atoms in total. The molecule has 44 heavy (non-hydrogen) atoms. The number of rotatable bonds is 14. The van der Waals surface area contributed by atoms with E-state index in [0.29, 0.717) is 54.4 Å². The topological polar surface area (TPSA) is 126 Å². The van der Waals surface area contributed by atoms with Crippen molar-refractivity contribution in [3.63, 3.8) is 0 Å². The van der Waals surface area contributed by atoms with E-state index in [0.717, 1.165) is 29.9 Å². The first-order chi connectivity index (χ1) is 21.2. The second kappa shape index (κ2) is 13.7. The molecule has 3 heterocycles. The third-order valence-electron chi connectivity index (χ3n) is 7.96. The number of carbonyl (C=O) groups is 1. The first kappa shape index (κ1) is 32.0. The fraction of sp³-hybridized carbons (Fsp3) is 0.483. The van der Waals surface area contributed by atoms with Gasteiger partial charge in [-0.1, -0.05) is 0 Å². The minimum Gasteiger partial charge on any atom is -0.497 e. The number of thiazole rings is 1. The average molecular weight is 649 g/mol. The number of methoxy groups -OCH3 is 2. The summed E-state index contributed by atoms with van der Waals surface area (Å²) in [5, 5.41) is 0. The molecular formula is C29H37FN6O6S2. The molecule has 1 amide bonds. The number of hydrazine groups is 1. The van der Waals surface area contributed by atoms with E-state index in [4.69, 9.17) is 19.2 Å². The predicted molar refractivity (Wildman–Crippen MR) is 166 cm³/mol. The second-order valence-electron chi connectivity index (χ2n) is 11.0. The van der Waals surface area contributed by atoms with Gasteiger partial charge in [-0.2, -0.15) is 8.42 Å². The minimum atomic E-state index is -4.28. The number of likely N-dealkylation sites (tertiary alicyclic amines) is 1. The molecule has 2 saturated heterocycles. The monoisotopic (exact) mass is 648 g/mol. The van der Waals surface area contributed by atoms with Crippen molar-refractivity contribution >= 4 is 49.5 Å². The second-order valence-corrected chi connectivity index (χ2v) is 13.7. The number of benzene rings is 2. The molecule has 3 aromatic rings. The van der Waals surface area contributed by atoms with E-state index in [1.807, 2.05) is 7.05 Å². The molecular weight excluding hydrogens is 611 g/mol. The molecule has 238 valence electrons. The van der Waals surface area contributed by atoms with Crippen molar-refractivity contribution in [2.75, 3.05) is 78.7 Å². The van der Waals surface area contributed by atoms with Crippen LogP contribution in [0.15, 0.2) is 51.8 Å². The molecule has 5 rings (SSSR count). The van der Waals surface area contributed by atoms with Gasteiger partial charge in [0.25, 0.3) is 10.0 Å². The van der Waals surface area contributed by atoms with Crippen molar-refractivity contribution < 1.29 is 31.8 Å². The van der Waals surface area contributed by atoms with Gasteiger partial charge in [-0.25, -0.2) is 9.37 Å². The van der Waals surface area contributed by atoms with Crippen LogP contribution in [0.5, 0.6) is 5.75 Å². The van der Waals surface area contributed by atoms with Gasteiger partial charge in [0.05, 0.1) is 46.6 Å². The number of amidine groups is 1. The Labute approximate surface area is 260 Å². The molecule has 1 spiro atoms. The molecule has 0 radical (unpaired) electrons. The highest BCUT2D eigenvalue weighted by Gasteiger charge is 2.55. The van der Waals surface area contributed by atoms with Gasteiger partial charge >= 0.3 is 0 Å². The summed E-state index contributed by atoms with van der Waals surface area (Å²) in [6, 6.07) is 8.71. The first-order valence-electron chi connectivity index (χ1n) is 14.2. The molecule has 0 saturated carbocycles. The summed E-state index contributed by atoms with van der Waals surface area (Å²) in [7, 11) is 0.839. The van der Waals surface area contributed by atoms with E-state index < -0.39 is 10.0 Å². The fourth-order valence-electron chi connectivity index (χ4n) is 6.01. The molecule has 2 fully saturated rings. The normalized spacial score (nSPS) is 18.5. The maximum absolute atomic E-state index is 14.7. The minimum absolute atomic E-state index is 0.0859. The van der Waals surface area contributed by atoms with Gasteiger partial charge in [-0.3, -0.25) is 15.2 Å². The lowest BCUT2D eigenvalue weighted by atomic mass is 9.71. The van der Waals surface area contributed by atoms with Gasteiger partial charge in [0.15, 0.2) is 0 Å². The summed E-state index contributed by atoms with van der Waals surface area (Å²) >= 11 is 1.44. The zero-order valence-corrected chi connectivity index (χ0v) is 26.6. The Morgan fingerprint density at radius 1 is 1.20 bits per heavy atom. The van der Waals surface area contributed by atoms with E-state index in [9.17, 15) is 17.6 Å². The number of amides is 1. The van der Waals surface area contributed by atoms with Crippen LogP contribution < -0.4 is 15.1 Å². The Balaban J connectivity index is 1.45. The van der Waals surface area contributed by atoms with Gasteiger partial charge in [-0.05, 0) is 43.8 Å². The molecule has 2 aliphatic heterocycles. The van der Waals surface area contributed by atoms with E-state index >= 15 is 0 Å². The highest BCUT2D eigenvalue weighted by Crippen LogP contribution is 2.47. The summed E-state index contributed by atoms with van der Waals surface area (Å²) < 4.78 is 59.1. The lowest BCUT2D eigenvalue weighted by Gasteiger charge is -2.49. The first-order valence-corrected chi connectivity index (χ1v) is 16.5. The largest absolute Gasteiger partial charge is 0.497 e. The summed E-state index contributed by atoms with van der Waals surface area (Å²) in [5.41, 5.74) is 5.57. The van der Waals surface area contributed by atoms with Gasteiger partial charge < -0.3 is 24.0 Å². The predicted octanol–water partition coefficient (Wildman–Crippen LogP) is 2.62. The molecule has 0 aliphatic carbocycles. The van der Waals surface area contributed by atoms with Crippen LogP contribution in [0.3, 0.4) is 0 Å². The Morgan fingerprint density at radius 2 is 1.98 bits per heavy atom. The molecule has 2 aromatic carbocycles. The van der Waals surface area contributed by atoms with E-state index in [1.54, 1.807) is 12.6 Å². The number of fused-ring (bicyclic) bond motifs is 1. The van der Waals surface area contributed by atoms with Gasteiger partial charge in [0, 0.05) is 63.9 Å². The number of sulfonamides is 1. The number of nitrogens with zero attached hydrogens (tertiary/aromatic N) is 5. The third-order valence-corrected chi connectivity index (χ3v) is 10.4. The number of hydrogen-bond acceptors (Lipinski definition) is 11. The number of halogens is 1. The van der Waals surface area contributed by atoms with Crippen LogP contribution >= 0.6 is 11.3 Å². The molecule has 2 aliphatic rings. The molecule has 15 heteroatoms. The van der Waals surface area contributed by atoms with E-state index in [-0.39, 0.29) is 35.0 Å². The molecule has 1 unspecified atom stereocenters. The van der Waals surface area contributed by atoms with Crippen molar-refractivity contribution in [3.8, 4) is 5.75 Å². The number of hydrogen-bond donors (Lipinski definition) is 1. The highest BCUT2D eigenvalue weighted by molar-refractivity contribution is 7.89. The number of aromatic nitrogens is 1. The Kier molecular flexibility index (Phi) is 10.00. The number of carbonyl (C=O) groups excluding carboxylic acids is 1. The number of nitrogens with one attached hydrogen (secondary N) is 1. The van der Waals surface area contributed by atoms with Crippen molar-refractivity contribution in [2.24, 2.45) is 16.3 Å². The maximum atomic E-state index is 14.7. The lowest BCUT2D eigenvalue weighted by Crippen LogP contribution is -2.62. The van der Waals surface area contributed by atoms with E-state index in [2.05, 4.69) is 20.2 Å². The standard InChI is InChI=1S/C29H37FN6O6S2/c1-34-16-29(17-34)18-35(26-14-21(30)13-25-27(26)43-19-32-25)15-24(29)28(31-9-12-42-11-4-10-40-2)33-36(20-37)44(38,39)23-7-5-22(41-3)6-8-23/h5-8,13-14,19-20,24H,4,9-12,15-18H2,1-3H3,(H,31,33). The fourth-order valence-corrected chi connectivity index (χ4v) is 7.86. The van der Waals surface area contributed by atoms with Gasteiger partial charge in [0.2, 0.25) is 6.41 Å². The van der Waals surface area contributed by atoms with E-state index in [1.165, 1.54) is 54.8 Å². The van der Waals surface area contributed by atoms with Crippen molar-refractivity contribution in [3.05, 3.63) is 47.7 Å². The van der Waals surface area contributed by atoms with Crippen LogP contribution in [0, 0.1) is 17.2 Å². The number of anilines is 1. The molecule has 0 bridgehead atoms. The summed E-state index contributed by atoms with van der Waals surface area (Å²) in [6.45, 7) is 4.08. The summed E-state index contributed by atoms with van der Waals surface area (Å²) in [4.78, 5) is 25.6. The van der Waals surface area contributed by atoms with Crippen LogP contribution in [0.4, 0.5) is 10.1 Å². The zero-order valence-electron chi connectivity index (χ0n) is 24.9. The summed E-state index contributed by atoms with van der Waals surface area (Å²) in [5.74, 6) is 0.156. The molecule has 1 N–H and O–H groups in total. The van der Waals surface area contributed by atoms with Crippen molar-refractivity contribution in [1.82, 2.24) is 19.7 Å². The maximum Gasteiger partial charge on any atom is 0.284 e. The van der Waals surface area contributed by atoms with Crippen molar-refractivity contribution in [2.45, 2.75) is 11.3 Å². The van der Waals surface area contributed by atoms with Crippen LogP contribution in [-0.2, 0) is 24.3 Å². The zero-order chi connectivity index (χ0) is 31.3. The SMILES string of the molecule is COCCCOCCN=C(NN(C=O)S(=O)(=O)c1ccc(OC)cc1)C1CN(c2cc(F)cc3ncsc23)CC12CN(C)C2. The van der Waals surface area contributed by atoms with Crippen LogP contribution in [0.2, 0.25) is 0 Å². The lowest BCUT2D eigenvalue weighted by molar-refractivity contribution is -0.115. The number of aliphatic imine (C=N–C) groups is 1. The average Bonchev–Trinajstić information content (AvgIpc) is 3.63. The van der Waals surface area contributed by atoms with Gasteiger partial charge in [-0.15, -0.1) is 15.8 Å². The third kappa shape index (κ3) is 6.66. The van der Waals surface area contributed by atoms with Crippen LogP contribution in [0.25, 0.3) is 10.2 Å². The van der Waals surface area contributed by atoms with Crippen LogP contribution in [0.1, 0.15) is 6.42 Å². The van der Waals surface area contributed by atoms with Crippen LogP contribution in [-0.4, -0.2) is 109 Å². The highest BCUT2D eigenvalue weighted by atomic mass is 32.2. The molecule has 1 atom stereocenters. The smallest absolute Gasteiger partial charge is 0.284 e. The Hall–Kier alpha value is -3.37. The Bertz CT molecular complexity index is 1580. The Morgan fingerprint density at radius 3 is 2.66 bits per heavy atom. The number of ether oxygens (including phenoxy) is 3. The molecule has 1 aromatic heterocycles. The van der Waals surface area contributed by atoms with Crippen molar-refractivity contribution in [1.29, 1.82) is 0 Å². The summed E-state index contributed by atoms with van der Waals surface area (Å²) in [6.07, 6.45) is 0.965.